The molecule has 0 aliphatic heterocycles. The third kappa shape index (κ3) is 3.08. The highest BCUT2D eigenvalue weighted by Crippen LogP contribution is 2.20. The second kappa shape index (κ2) is 5.49. The Kier molecular flexibility index (Phi) is 3.76. The molecule has 0 fully saturated rings. The van der Waals surface area contributed by atoms with E-state index in [1.807, 2.05) is 26.0 Å². The van der Waals surface area contributed by atoms with E-state index in [-0.39, 0.29) is 12.0 Å². The van der Waals surface area contributed by atoms with Crippen LogP contribution in [-0.4, -0.2) is 22.1 Å². The Morgan fingerprint density at radius 3 is 2.47 bits per heavy atom. The fourth-order valence-electron chi connectivity index (χ4n) is 1.64. The number of rotatable bonds is 4. The van der Waals surface area contributed by atoms with Crippen LogP contribution in [0.5, 0.6) is 6.01 Å². The second-order valence-corrected chi connectivity index (χ2v) is 4.06. The summed E-state index contributed by atoms with van der Waals surface area (Å²) >= 11 is 0. The molecule has 0 aliphatic carbocycles. The maximum absolute atomic E-state index is 5.30. The highest BCUT2D eigenvalue weighted by molar-refractivity contribution is 5.59. The van der Waals surface area contributed by atoms with Gasteiger partial charge in [-0.1, -0.05) is 17.7 Å². The van der Waals surface area contributed by atoms with E-state index in [0.717, 1.165) is 11.3 Å². The summed E-state index contributed by atoms with van der Waals surface area (Å²) in [4.78, 5) is 12.1. The van der Waals surface area contributed by atoms with Gasteiger partial charge in [-0.2, -0.15) is 15.0 Å². The van der Waals surface area contributed by atoms with E-state index in [1.165, 1.54) is 12.7 Å². The number of aryl methyl sites for hydroxylation is 2. The van der Waals surface area contributed by atoms with Crippen LogP contribution >= 0.6 is 0 Å². The molecule has 7 nitrogen and oxygen atoms in total. The van der Waals surface area contributed by atoms with Gasteiger partial charge in [0.1, 0.15) is 0 Å². The molecule has 1 aromatic carbocycles. The number of nitrogen functional groups attached to an aromatic ring is 1. The molecule has 0 atom stereocenters. The molecule has 0 bridgehead atoms. The molecule has 1 aromatic heterocycles. The molecule has 0 saturated carbocycles. The number of benzene rings is 1. The largest absolute Gasteiger partial charge is 0.467 e. The molecule has 0 amide bonds. The minimum Gasteiger partial charge on any atom is -0.467 e. The highest BCUT2D eigenvalue weighted by Gasteiger charge is 2.07. The Bertz CT molecular complexity index is 564. The molecule has 19 heavy (non-hydrogen) atoms. The first kappa shape index (κ1) is 13.0. The summed E-state index contributed by atoms with van der Waals surface area (Å²) in [6.07, 6.45) is 0. The normalized spacial score (nSPS) is 10.1. The van der Waals surface area contributed by atoms with Crippen LogP contribution in [0, 0.1) is 13.8 Å². The average Bonchev–Trinajstić information content (AvgIpc) is 2.41. The van der Waals surface area contributed by atoms with Gasteiger partial charge in [-0.05, 0) is 25.5 Å². The van der Waals surface area contributed by atoms with Crippen LogP contribution in [0.1, 0.15) is 11.1 Å². The number of nitrogens with zero attached hydrogens (tertiary/aromatic N) is 3. The lowest BCUT2D eigenvalue weighted by Gasteiger charge is -2.10. The Balaban J connectivity index is 2.31. The van der Waals surface area contributed by atoms with E-state index >= 15 is 0 Å². The fourth-order valence-corrected chi connectivity index (χ4v) is 1.64. The lowest BCUT2D eigenvalue weighted by Crippen LogP contribution is -2.13. The molecule has 100 valence electrons. The first-order valence-electron chi connectivity index (χ1n) is 5.73. The third-order valence-electron chi connectivity index (χ3n) is 2.55. The van der Waals surface area contributed by atoms with E-state index < -0.39 is 0 Å². The number of nitrogens with one attached hydrogen (secondary N) is 2. The van der Waals surface area contributed by atoms with Gasteiger partial charge in [0.05, 0.1) is 7.11 Å². The van der Waals surface area contributed by atoms with E-state index in [9.17, 15) is 0 Å². The van der Waals surface area contributed by atoms with Crippen molar-refractivity contribution in [2.24, 2.45) is 5.84 Å². The number of hydrogen-bond acceptors (Lipinski definition) is 7. The minimum atomic E-state index is 0.190. The quantitative estimate of drug-likeness (QED) is 0.566. The number of hydrogen-bond donors (Lipinski definition) is 3. The molecule has 4 N–H and O–H groups in total. The van der Waals surface area contributed by atoms with Crippen LogP contribution in [0.3, 0.4) is 0 Å². The fraction of sp³-hybridized carbons (Fsp3) is 0.250. The van der Waals surface area contributed by atoms with Crippen LogP contribution < -0.4 is 21.3 Å². The Labute approximate surface area is 111 Å². The lowest BCUT2D eigenvalue weighted by atomic mass is 10.1. The first-order valence-corrected chi connectivity index (χ1v) is 5.73. The zero-order valence-electron chi connectivity index (χ0n) is 11.1. The molecule has 0 radical (unpaired) electrons. The Morgan fingerprint density at radius 2 is 1.84 bits per heavy atom. The van der Waals surface area contributed by atoms with Crippen LogP contribution in [-0.2, 0) is 0 Å². The molecule has 0 saturated heterocycles. The van der Waals surface area contributed by atoms with Crippen molar-refractivity contribution in [3.05, 3.63) is 29.3 Å². The van der Waals surface area contributed by atoms with Crippen LogP contribution in [0.4, 0.5) is 17.6 Å². The van der Waals surface area contributed by atoms with Crippen molar-refractivity contribution in [2.75, 3.05) is 17.9 Å². The van der Waals surface area contributed by atoms with Gasteiger partial charge in [0.15, 0.2) is 0 Å². The van der Waals surface area contributed by atoms with Gasteiger partial charge >= 0.3 is 6.01 Å². The number of ether oxygens (including phenoxy) is 1. The molecular weight excluding hydrogens is 244 g/mol. The maximum Gasteiger partial charge on any atom is 0.322 e. The average molecular weight is 260 g/mol. The zero-order chi connectivity index (χ0) is 13.8. The second-order valence-electron chi connectivity index (χ2n) is 4.06. The number of nitrogens with two attached hydrogens (primary N) is 1. The van der Waals surface area contributed by atoms with Crippen molar-refractivity contribution >= 4 is 17.6 Å². The van der Waals surface area contributed by atoms with Gasteiger partial charge in [0.2, 0.25) is 11.9 Å². The third-order valence-corrected chi connectivity index (χ3v) is 2.55. The smallest absolute Gasteiger partial charge is 0.322 e. The Morgan fingerprint density at radius 1 is 1.11 bits per heavy atom. The van der Waals surface area contributed by atoms with Gasteiger partial charge in [-0.15, -0.1) is 0 Å². The molecule has 0 spiro atoms. The van der Waals surface area contributed by atoms with E-state index in [4.69, 9.17) is 10.6 Å². The number of aromatic nitrogens is 3. The topological polar surface area (TPSA) is 98.0 Å². The molecule has 0 unspecified atom stereocenters. The molecule has 7 heteroatoms. The lowest BCUT2D eigenvalue weighted by molar-refractivity contribution is 0.379. The summed E-state index contributed by atoms with van der Waals surface area (Å²) in [7, 11) is 1.48. The van der Waals surface area contributed by atoms with Gasteiger partial charge < -0.3 is 10.1 Å². The highest BCUT2D eigenvalue weighted by atomic mass is 16.5. The van der Waals surface area contributed by atoms with Crippen molar-refractivity contribution < 1.29 is 4.74 Å². The summed E-state index contributed by atoms with van der Waals surface area (Å²) in [5.41, 5.74) is 5.58. The van der Waals surface area contributed by atoms with Gasteiger partial charge in [0, 0.05) is 5.69 Å². The molecule has 2 rings (SSSR count). The van der Waals surface area contributed by atoms with Crippen molar-refractivity contribution in [1.82, 2.24) is 15.0 Å². The summed E-state index contributed by atoms with van der Waals surface area (Å²) in [5.74, 6) is 5.90. The summed E-state index contributed by atoms with van der Waals surface area (Å²) in [6, 6.07) is 6.24. The van der Waals surface area contributed by atoms with Crippen molar-refractivity contribution in [1.29, 1.82) is 0 Å². The minimum absolute atomic E-state index is 0.190. The van der Waals surface area contributed by atoms with Gasteiger partial charge in [-0.3, -0.25) is 5.43 Å². The summed E-state index contributed by atoms with van der Waals surface area (Å²) in [5, 5.41) is 3.11. The van der Waals surface area contributed by atoms with Crippen LogP contribution in [0.25, 0.3) is 0 Å². The molecular formula is C12H16N6O. The SMILES string of the molecule is COc1nc(NN)nc(Nc2ccc(C)cc2C)n1. The Hall–Kier alpha value is -2.41. The standard InChI is InChI=1S/C12H16N6O/c1-7-4-5-9(8(2)6-7)14-10-15-11(18-13)17-12(16-10)19-3/h4-6H,13H2,1-3H3,(H2,14,15,16,17,18). The van der Waals surface area contributed by atoms with Gasteiger partial charge in [-0.25, -0.2) is 5.84 Å². The van der Waals surface area contributed by atoms with Crippen molar-refractivity contribution in [3.8, 4) is 6.01 Å². The molecule has 0 aliphatic rings. The monoisotopic (exact) mass is 260 g/mol. The van der Waals surface area contributed by atoms with E-state index in [2.05, 4.69) is 31.8 Å². The van der Waals surface area contributed by atoms with Gasteiger partial charge in [0.25, 0.3) is 0 Å². The number of hydrazine groups is 1. The van der Waals surface area contributed by atoms with Crippen LogP contribution in [0.15, 0.2) is 18.2 Å². The zero-order valence-corrected chi connectivity index (χ0v) is 11.1. The molecule has 2 aromatic rings. The van der Waals surface area contributed by atoms with E-state index in [1.54, 1.807) is 0 Å². The van der Waals surface area contributed by atoms with Crippen LogP contribution in [0.2, 0.25) is 0 Å². The molecule has 1 heterocycles. The predicted molar refractivity (Wildman–Crippen MR) is 73.4 cm³/mol. The van der Waals surface area contributed by atoms with E-state index in [0.29, 0.717) is 5.95 Å². The predicted octanol–water partition coefficient (Wildman–Crippen LogP) is 1.53. The first-order chi connectivity index (χ1) is 9.12. The number of methoxy groups -OCH3 is 1. The van der Waals surface area contributed by atoms with Crippen molar-refractivity contribution in [2.45, 2.75) is 13.8 Å². The number of anilines is 3. The van der Waals surface area contributed by atoms with Crippen molar-refractivity contribution in [3.63, 3.8) is 0 Å². The summed E-state index contributed by atoms with van der Waals surface area (Å²) < 4.78 is 4.99. The maximum atomic E-state index is 5.30. The summed E-state index contributed by atoms with van der Waals surface area (Å²) in [6.45, 7) is 4.05.